The molecule has 20 heavy (non-hydrogen) atoms. The average molecular weight is 318 g/mol. The number of hydrogen-bond acceptors (Lipinski definition) is 3. The van der Waals surface area contributed by atoms with Crippen LogP contribution in [0.5, 0.6) is 0 Å². The van der Waals surface area contributed by atoms with Crippen molar-refractivity contribution in [2.75, 3.05) is 19.8 Å². The summed E-state index contributed by atoms with van der Waals surface area (Å²) in [5.41, 5.74) is 7.14. The zero-order chi connectivity index (χ0) is 14.6. The Balaban J connectivity index is 2.13. The minimum absolute atomic E-state index is 0.106. The van der Waals surface area contributed by atoms with Gasteiger partial charge >= 0.3 is 0 Å². The molecular weight excluding hydrogens is 297 g/mol. The summed E-state index contributed by atoms with van der Waals surface area (Å²) in [6.45, 7) is 4.05. The lowest BCUT2D eigenvalue weighted by molar-refractivity contribution is -0.120. The molecule has 1 aromatic carbocycles. The molecule has 1 heterocycles. The normalized spacial score (nSPS) is 19.8. The Bertz CT molecular complexity index is 442. The van der Waals surface area contributed by atoms with Crippen LogP contribution in [0.3, 0.4) is 0 Å². The first-order valence-electron chi connectivity index (χ1n) is 6.98. The predicted octanol–water partition coefficient (Wildman–Crippen LogP) is 3.45. The molecule has 2 rings (SSSR count). The van der Waals surface area contributed by atoms with Crippen molar-refractivity contribution in [1.29, 1.82) is 0 Å². The Morgan fingerprint density at radius 3 is 2.65 bits per heavy atom. The summed E-state index contributed by atoms with van der Waals surface area (Å²) in [5.74, 6) is 0. The fourth-order valence-corrected chi connectivity index (χ4v) is 3.22. The average Bonchev–Trinajstić information content (AvgIpc) is 2.43. The van der Waals surface area contributed by atoms with Gasteiger partial charge in [0.1, 0.15) is 0 Å². The van der Waals surface area contributed by atoms with Crippen molar-refractivity contribution < 1.29 is 9.47 Å². The van der Waals surface area contributed by atoms with Crippen LogP contribution in [-0.4, -0.2) is 31.5 Å². The summed E-state index contributed by atoms with van der Waals surface area (Å²) >= 11 is 12.2. The number of halogens is 2. The van der Waals surface area contributed by atoms with Crippen LogP contribution < -0.4 is 5.73 Å². The van der Waals surface area contributed by atoms with Crippen LogP contribution in [0.25, 0.3) is 0 Å². The van der Waals surface area contributed by atoms with Crippen molar-refractivity contribution in [2.24, 2.45) is 5.73 Å². The fraction of sp³-hybridized carbons (Fsp3) is 0.600. The van der Waals surface area contributed by atoms with E-state index in [4.69, 9.17) is 38.4 Å². The van der Waals surface area contributed by atoms with E-state index in [1.54, 1.807) is 6.07 Å². The van der Waals surface area contributed by atoms with Crippen LogP contribution in [0.4, 0.5) is 0 Å². The molecule has 5 heteroatoms. The van der Waals surface area contributed by atoms with Gasteiger partial charge in [0.2, 0.25) is 0 Å². The molecule has 0 aliphatic carbocycles. The largest absolute Gasteiger partial charge is 0.381 e. The molecule has 1 aliphatic rings. The van der Waals surface area contributed by atoms with Gasteiger partial charge in [0, 0.05) is 48.7 Å². The van der Waals surface area contributed by atoms with Crippen molar-refractivity contribution in [2.45, 2.75) is 37.8 Å². The molecule has 3 nitrogen and oxygen atoms in total. The maximum absolute atomic E-state index is 6.44. The minimum atomic E-state index is -0.310. The smallest absolute Gasteiger partial charge is 0.0879 e. The van der Waals surface area contributed by atoms with Crippen molar-refractivity contribution in [3.05, 3.63) is 33.8 Å². The van der Waals surface area contributed by atoms with Crippen LogP contribution >= 0.6 is 23.2 Å². The third-order valence-electron chi connectivity index (χ3n) is 3.90. The summed E-state index contributed by atoms with van der Waals surface area (Å²) in [7, 11) is 0. The molecule has 1 unspecified atom stereocenters. The Morgan fingerprint density at radius 1 is 1.35 bits per heavy atom. The molecule has 1 aliphatic heterocycles. The summed E-state index contributed by atoms with van der Waals surface area (Å²) in [4.78, 5) is 0. The van der Waals surface area contributed by atoms with Crippen LogP contribution in [0, 0.1) is 0 Å². The first kappa shape index (κ1) is 16.1. The van der Waals surface area contributed by atoms with Gasteiger partial charge in [-0.05, 0) is 31.0 Å². The lowest BCUT2D eigenvalue weighted by Crippen LogP contribution is -2.54. The van der Waals surface area contributed by atoms with Gasteiger partial charge in [0.15, 0.2) is 0 Å². The van der Waals surface area contributed by atoms with E-state index in [0.29, 0.717) is 36.3 Å². The molecule has 0 spiro atoms. The SMILES string of the molecule is CCOC1(C(N)Cc2ccc(Cl)cc2Cl)CCOCC1. The van der Waals surface area contributed by atoms with E-state index in [-0.39, 0.29) is 11.6 Å². The first-order chi connectivity index (χ1) is 9.57. The van der Waals surface area contributed by atoms with Gasteiger partial charge in [-0.25, -0.2) is 0 Å². The summed E-state index contributed by atoms with van der Waals surface area (Å²) < 4.78 is 11.4. The van der Waals surface area contributed by atoms with Gasteiger partial charge in [0.25, 0.3) is 0 Å². The second kappa shape index (κ2) is 7.10. The van der Waals surface area contributed by atoms with Gasteiger partial charge in [-0.3, -0.25) is 0 Å². The van der Waals surface area contributed by atoms with Gasteiger partial charge < -0.3 is 15.2 Å². The minimum Gasteiger partial charge on any atom is -0.381 e. The Labute approximate surface area is 130 Å². The van der Waals surface area contributed by atoms with Crippen molar-refractivity contribution in [3.8, 4) is 0 Å². The topological polar surface area (TPSA) is 44.5 Å². The molecule has 1 fully saturated rings. The number of benzene rings is 1. The molecule has 0 amide bonds. The van der Waals surface area contributed by atoms with E-state index in [9.17, 15) is 0 Å². The van der Waals surface area contributed by atoms with Crippen LogP contribution in [0.15, 0.2) is 18.2 Å². The van der Waals surface area contributed by atoms with Crippen LogP contribution in [0.1, 0.15) is 25.3 Å². The second-order valence-corrected chi connectivity index (χ2v) is 6.00. The van der Waals surface area contributed by atoms with Crippen molar-refractivity contribution >= 4 is 23.2 Å². The molecule has 0 saturated carbocycles. The Hall–Kier alpha value is -0.320. The van der Waals surface area contributed by atoms with Gasteiger partial charge in [-0.2, -0.15) is 0 Å². The van der Waals surface area contributed by atoms with E-state index in [1.807, 2.05) is 19.1 Å². The Kier molecular flexibility index (Phi) is 5.70. The molecule has 1 aromatic rings. The monoisotopic (exact) mass is 317 g/mol. The van der Waals surface area contributed by atoms with E-state index in [0.717, 1.165) is 18.4 Å². The van der Waals surface area contributed by atoms with Crippen LogP contribution in [-0.2, 0) is 15.9 Å². The third kappa shape index (κ3) is 3.66. The summed E-state index contributed by atoms with van der Waals surface area (Å²) in [6.07, 6.45) is 2.33. The van der Waals surface area contributed by atoms with Crippen LogP contribution in [0.2, 0.25) is 10.0 Å². The van der Waals surface area contributed by atoms with Crippen molar-refractivity contribution in [3.63, 3.8) is 0 Å². The number of ether oxygens (including phenoxy) is 2. The number of nitrogens with two attached hydrogens (primary N) is 1. The molecular formula is C15H21Cl2NO2. The fourth-order valence-electron chi connectivity index (χ4n) is 2.74. The lowest BCUT2D eigenvalue weighted by Gasteiger charge is -2.41. The first-order valence-corrected chi connectivity index (χ1v) is 7.74. The van der Waals surface area contributed by atoms with Gasteiger partial charge in [-0.1, -0.05) is 29.3 Å². The van der Waals surface area contributed by atoms with Gasteiger partial charge in [-0.15, -0.1) is 0 Å². The zero-order valence-corrected chi connectivity index (χ0v) is 13.2. The van der Waals surface area contributed by atoms with E-state index in [1.165, 1.54) is 0 Å². The highest BCUT2D eigenvalue weighted by molar-refractivity contribution is 6.35. The predicted molar refractivity (Wildman–Crippen MR) is 82.6 cm³/mol. The third-order valence-corrected chi connectivity index (χ3v) is 4.49. The van der Waals surface area contributed by atoms with Gasteiger partial charge in [0.05, 0.1) is 5.60 Å². The Morgan fingerprint density at radius 2 is 2.05 bits per heavy atom. The summed E-state index contributed by atoms with van der Waals surface area (Å²) in [6, 6.07) is 5.42. The second-order valence-electron chi connectivity index (χ2n) is 5.16. The molecule has 0 aromatic heterocycles. The maximum atomic E-state index is 6.44. The number of hydrogen-bond donors (Lipinski definition) is 1. The number of rotatable bonds is 5. The summed E-state index contributed by atoms with van der Waals surface area (Å²) in [5, 5.41) is 1.30. The highest BCUT2D eigenvalue weighted by Gasteiger charge is 2.39. The molecule has 1 atom stereocenters. The van der Waals surface area contributed by atoms with E-state index in [2.05, 4.69) is 0 Å². The standard InChI is InChI=1S/C15H21Cl2NO2/c1-2-20-15(5-7-19-8-6-15)14(18)9-11-3-4-12(16)10-13(11)17/h3-4,10,14H,2,5-9,18H2,1H3. The van der Waals surface area contributed by atoms with E-state index < -0.39 is 0 Å². The molecule has 0 bridgehead atoms. The molecule has 2 N–H and O–H groups in total. The molecule has 112 valence electrons. The quantitative estimate of drug-likeness (QED) is 0.904. The zero-order valence-electron chi connectivity index (χ0n) is 11.7. The maximum Gasteiger partial charge on any atom is 0.0879 e. The van der Waals surface area contributed by atoms with Crippen molar-refractivity contribution in [1.82, 2.24) is 0 Å². The molecule has 1 saturated heterocycles. The molecule has 0 radical (unpaired) electrons. The highest BCUT2D eigenvalue weighted by Crippen LogP contribution is 2.31. The van der Waals surface area contributed by atoms with E-state index >= 15 is 0 Å². The lowest BCUT2D eigenvalue weighted by atomic mass is 9.83. The highest BCUT2D eigenvalue weighted by atomic mass is 35.5.